The topological polar surface area (TPSA) is 49.8 Å². The molecule has 1 fully saturated rings. The second kappa shape index (κ2) is 5.80. The van der Waals surface area contributed by atoms with Gasteiger partial charge in [0.15, 0.2) is 6.10 Å². The van der Waals surface area contributed by atoms with Gasteiger partial charge in [0.1, 0.15) is 0 Å². The van der Waals surface area contributed by atoms with Crippen LogP contribution in [0.3, 0.4) is 0 Å². The fourth-order valence-electron chi connectivity index (χ4n) is 1.99. The summed E-state index contributed by atoms with van der Waals surface area (Å²) in [6, 6.07) is 10.2. The van der Waals surface area contributed by atoms with Gasteiger partial charge in [-0.3, -0.25) is 4.90 Å². The van der Waals surface area contributed by atoms with E-state index in [4.69, 9.17) is 9.84 Å². The van der Waals surface area contributed by atoms with E-state index in [1.54, 1.807) is 0 Å². The van der Waals surface area contributed by atoms with Gasteiger partial charge in [-0.2, -0.15) is 0 Å². The number of nitrogens with zero attached hydrogens (tertiary/aromatic N) is 1. The van der Waals surface area contributed by atoms with Crippen molar-refractivity contribution in [2.24, 2.45) is 0 Å². The average Bonchev–Trinajstić information content (AvgIpc) is 2.38. The third-order valence-electron chi connectivity index (χ3n) is 2.99. The van der Waals surface area contributed by atoms with Crippen LogP contribution in [-0.4, -0.2) is 48.3 Å². The molecule has 0 spiro atoms. The first-order valence-electron chi connectivity index (χ1n) is 5.86. The molecule has 2 rings (SSSR count). The van der Waals surface area contributed by atoms with Gasteiger partial charge in [-0.05, 0) is 12.0 Å². The lowest BCUT2D eigenvalue weighted by molar-refractivity contribution is -0.155. The van der Waals surface area contributed by atoms with Crippen LogP contribution in [0.5, 0.6) is 0 Å². The highest BCUT2D eigenvalue weighted by atomic mass is 16.5. The van der Waals surface area contributed by atoms with Crippen molar-refractivity contribution < 1.29 is 14.6 Å². The predicted octanol–water partition coefficient (Wildman–Crippen LogP) is 1.01. The van der Waals surface area contributed by atoms with Crippen LogP contribution < -0.4 is 0 Å². The molecule has 17 heavy (non-hydrogen) atoms. The number of hydrogen-bond acceptors (Lipinski definition) is 3. The predicted molar refractivity (Wildman–Crippen MR) is 64.0 cm³/mol. The number of carbonyl (C=O) groups is 1. The molecule has 1 N–H and O–H groups in total. The minimum atomic E-state index is -0.866. The van der Waals surface area contributed by atoms with Crippen LogP contribution in [0.4, 0.5) is 0 Å². The van der Waals surface area contributed by atoms with Crippen molar-refractivity contribution in [3.05, 3.63) is 35.9 Å². The maximum Gasteiger partial charge on any atom is 0.334 e. The largest absolute Gasteiger partial charge is 0.479 e. The third-order valence-corrected chi connectivity index (χ3v) is 2.99. The van der Waals surface area contributed by atoms with Crippen molar-refractivity contribution in [3.8, 4) is 0 Å². The van der Waals surface area contributed by atoms with Crippen LogP contribution in [-0.2, 0) is 16.0 Å². The van der Waals surface area contributed by atoms with Gasteiger partial charge in [-0.15, -0.1) is 0 Å². The van der Waals surface area contributed by atoms with E-state index in [0.717, 1.165) is 19.5 Å². The summed E-state index contributed by atoms with van der Waals surface area (Å²) in [4.78, 5) is 13.0. The molecular formula is C13H17NO3. The Kier molecular flexibility index (Phi) is 4.12. The van der Waals surface area contributed by atoms with Gasteiger partial charge < -0.3 is 9.84 Å². The Morgan fingerprint density at radius 2 is 2.18 bits per heavy atom. The summed E-state index contributed by atoms with van der Waals surface area (Å²) in [6.45, 7) is 2.70. The van der Waals surface area contributed by atoms with Gasteiger partial charge in [-0.25, -0.2) is 4.79 Å². The molecule has 0 amide bonds. The van der Waals surface area contributed by atoms with Crippen molar-refractivity contribution in [1.82, 2.24) is 4.90 Å². The average molecular weight is 235 g/mol. The molecule has 1 unspecified atom stereocenters. The molecule has 0 aliphatic carbocycles. The number of morpholine rings is 1. The maximum atomic E-state index is 10.8. The second-order valence-corrected chi connectivity index (χ2v) is 4.23. The maximum absolute atomic E-state index is 10.8. The normalized spacial score (nSPS) is 21.3. The molecule has 0 radical (unpaired) electrons. The summed E-state index contributed by atoms with van der Waals surface area (Å²) >= 11 is 0. The van der Waals surface area contributed by atoms with E-state index in [1.807, 2.05) is 18.2 Å². The summed E-state index contributed by atoms with van der Waals surface area (Å²) in [5, 5.41) is 8.89. The summed E-state index contributed by atoms with van der Waals surface area (Å²) in [7, 11) is 0. The number of carboxylic acids is 1. The van der Waals surface area contributed by atoms with Crippen LogP contribution in [0, 0.1) is 0 Å². The van der Waals surface area contributed by atoms with Gasteiger partial charge in [0, 0.05) is 19.6 Å². The van der Waals surface area contributed by atoms with Crippen molar-refractivity contribution in [2.45, 2.75) is 12.5 Å². The van der Waals surface area contributed by atoms with E-state index >= 15 is 0 Å². The number of rotatable bonds is 4. The van der Waals surface area contributed by atoms with Crippen LogP contribution in [0.1, 0.15) is 5.56 Å². The Balaban J connectivity index is 1.81. The molecule has 1 atom stereocenters. The molecule has 0 saturated carbocycles. The Hall–Kier alpha value is -1.39. The van der Waals surface area contributed by atoms with Crippen LogP contribution in [0.15, 0.2) is 30.3 Å². The van der Waals surface area contributed by atoms with Crippen molar-refractivity contribution >= 4 is 5.97 Å². The highest BCUT2D eigenvalue weighted by Gasteiger charge is 2.25. The zero-order chi connectivity index (χ0) is 12.1. The zero-order valence-electron chi connectivity index (χ0n) is 9.71. The molecular weight excluding hydrogens is 218 g/mol. The minimum Gasteiger partial charge on any atom is -0.479 e. The van der Waals surface area contributed by atoms with Gasteiger partial charge in [0.25, 0.3) is 0 Å². The number of aliphatic carboxylic acids is 1. The highest BCUT2D eigenvalue weighted by Crippen LogP contribution is 2.07. The first-order valence-corrected chi connectivity index (χ1v) is 5.86. The quantitative estimate of drug-likeness (QED) is 0.846. The van der Waals surface area contributed by atoms with E-state index in [-0.39, 0.29) is 0 Å². The van der Waals surface area contributed by atoms with E-state index in [1.165, 1.54) is 5.56 Å². The van der Waals surface area contributed by atoms with Gasteiger partial charge in [0.05, 0.1) is 6.61 Å². The fourth-order valence-corrected chi connectivity index (χ4v) is 1.99. The number of benzene rings is 1. The molecule has 0 bridgehead atoms. The number of carboxylic acid groups (broad SMARTS) is 1. The fraction of sp³-hybridized carbons (Fsp3) is 0.462. The summed E-state index contributed by atoms with van der Waals surface area (Å²) in [5.74, 6) is -0.866. The van der Waals surface area contributed by atoms with Gasteiger partial charge in [-0.1, -0.05) is 30.3 Å². The summed E-state index contributed by atoms with van der Waals surface area (Å²) in [5.41, 5.74) is 1.28. The third kappa shape index (κ3) is 3.54. The van der Waals surface area contributed by atoms with E-state index in [2.05, 4.69) is 17.0 Å². The molecule has 0 aromatic heterocycles. The zero-order valence-corrected chi connectivity index (χ0v) is 9.71. The smallest absolute Gasteiger partial charge is 0.334 e. The molecule has 92 valence electrons. The Bertz CT molecular complexity index is 366. The number of ether oxygens (including phenoxy) is 1. The van der Waals surface area contributed by atoms with Crippen molar-refractivity contribution in [2.75, 3.05) is 26.2 Å². The van der Waals surface area contributed by atoms with Crippen LogP contribution in [0.25, 0.3) is 0 Å². The lowest BCUT2D eigenvalue weighted by Crippen LogP contribution is -2.46. The Morgan fingerprint density at radius 3 is 2.88 bits per heavy atom. The van der Waals surface area contributed by atoms with E-state index < -0.39 is 12.1 Å². The van der Waals surface area contributed by atoms with E-state index in [9.17, 15) is 4.79 Å². The summed E-state index contributed by atoms with van der Waals surface area (Å²) < 4.78 is 5.18. The molecule has 1 aliphatic heterocycles. The summed E-state index contributed by atoms with van der Waals surface area (Å²) in [6.07, 6.45) is 0.284. The standard InChI is InChI=1S/C13H17NO3/c15-13(16)12-10-14(8-9-17-12)7-6-11-4-2-1-3-5-11/h1-5,12H,6-10H2,(H,15,16). The van der Waals surface area contributed by atoms with Crippen molar-refractivity contribution in [3.63, 3.8) is 0 Å². The number of hydrogen-bond donors (Lipinski definition) is 1. The second-order valence-electron chi connectivity index (χ2n) is 4.23. The molecule has 4 heteroatoms. The minimum absolute atomic E-state index is 0.488. The first kappa shape index (κ1) is 12.1. The Morgan fingerprint density at radius 1 is 1.41 bits per heavy atom. The first-order chi connectivity index (χ1) is 8.25. The molecule has 1 saturated heterocycles. The van der Waals surface area contributed by atoms with Crippen LogP contribution >= 0.6 is 0 Å². The molecule has 1 aromatic rings. The van der Waals surface area contributed by atoms with Gasteiger partial charge >= 0.3 is 5.97 Å². The molecule has 4 nitrogen and oxygen atoms in total. The molecule has 1 aromatic carbocycles. The monoisotopic (exact) mass is 235 g/mol. The molecule has 1 heterocycles. The lowest BCUT2D eigenvalue weighted by atomic mass is 10.1. The molecule has 1 aliphatic rings. The SMILES string of the molecule is O=C(O)C1CN(CCc2ccccc2)CCO1. The van der Waals surface area contributed by atoms with Gasteiger partial charge in [0.2, 0.25) is 0 Å². The van der Waals surface area contributed by atoms with E-state index in [0.29, 0.717) is 13.2 Å². The lowest BCUT2D eigenvalue weighted by Gasteiger charge is -2.30. The van der Waals surface area contributed by atoms with Crippen molar-refractivity contribution in [1.29, 1.82) is 0 Å². The Labute approximate surface area is 101 Å². The van der Waals surface area contributed by atoms with Crippen LogP contribution in [0.2, 0.25) is 0 Å². The highest BCUT2D eigenvalue weighted by molar-refractivity contribution is 5.72.